The summed E-state index contributed by atoms with van der Waals surface area (Å²) in [5, 5.41) is 4.02. The lowest BCUT2D eigenvalue weighted by Gasteiger charge is -2.01. The molecular formula is C13H15ClN2O. The lowest BCUT2D eigenvalue weighted by molar-refractivity contribution is -0.118. The van der Waals surface area contributed by atoms with Gasteiger partial charge in [0, 0.05) is 30.7 Å². The number of nitrogens with one attached hydrogen (secondary N) is 1. The molecule has 2 rings (SSSR count). The number of aromatic nitrogens is 1. The van der Waals surface area contributed by atoms with E-state index in [1.807, 2.05) is 19.2 Å². The van der Waals surface area contributed by atoms with E-state index in [0.717, 1.165) is 6.42 Å². The Kier molecular flexibility index (Phi) is 3.69. The zero-order chi connectivity index (χ0) is 12.3. The molecule has 90 valence electrons. The molecule has 0 saturated heterocycles. The molecule has 1 heterocycles. The lowest BCUT2D eigenvalue weighted by atomic mass is 10.1. The van der Waals surface area contributed by atoms with Gasteiger partial charge in [0.05, 0.1) is 0 Å². The van der Waals surface area contributed by atoms with E-state index in [1.54, 1.807) is 0 Å². The number of amides is 1. The third-order valence-corrected chi connectivity index (χ3v) is 3.06. The van der Waals surface area contributed by atoms with E-state index in [2.05, 4.69) is 28.2 Å². The van der Waals surface area contributed by atoms with Crippen LogP contribution in [0.25, 0.3) is 10.9 Å². The molecule has 0 fully saturated rings. The second kappa shape index (κ2) is 5.23. The van der Waals surface area contributed by atoms with Gasteiger partial charge in [0.2, 0.25) is 5.91 Å². The Labute approximate surface area is 105 Å². The third-order valence-electron chi connectivity index (χ3n) is 2.82. The minimum Gasteiger partial charge on any atom is -0.355 e. The molecule has 0 atom stereocenters. The van der Waals surface area contributed by atoms with Gasteiger partial charge < -0.3 is 9.88 Å². The number of para-hydroxylation sites is 1. The second-order valence-electron chi connectivity index (χ2n) is 4.02. The molecule has 0 unspecified atom stereocenters. The fourth-order valence-corrected chi connectivity index (χ4v) is 2.10. The van der Waals surface area contributed by atoms with Crippen molar-refractivity contribution in [1.29, 1.82) is 0 Å². The first-order valence-corrected chi connectivity index (χ1v) is 6.11. The van der Waals surface area contributed by atoms with Crippen molar-refractivity contribution in [3.8, 4) is 0 Å². The Balaban J connectivity index is 2.11. The van der Waals surface area contributed by atoms with Crippen LogP contribution in [-0.2, 0) is 18.3 Å². The monoisotopic (exact) mass is 250 g/mol. The molecule has 0 aliphatic carbocycles. The van der Waals surface area contributed by atoms with Crippen molar-refractivity contribution in [1.82, 2.24) is 9.88 Å². The zero-order valence-electron chi connectivity index (χ0n) is 9.74. The van der Waals surface area contributed by atoms with Crippen LogP contribution in [0.4, 0.5) is 0 Å². The lowest BCUT2D eigenvalue weighted by Crippen LogP contribution is -2.26. The van der Waals surface area contributed by atoms with Crippen molar-refractivity contribution >= 4 is 28.4 Å². The minimum absolute atomic E-state index is 0.0234. The molecule has 0 bridgehead atoms. The van der Waals surface area contributed by atoms with Crippen molar-refractivity contribution in [3.05, 3.63) is 36.0 Å². The minimum atomic E-state index is -0.119. The number of hydrogen-bond acceptors (Lipinski definition) is 1. The van der Waals surface area contributed by atoms with Crippen LogP contribution in [0.2, 0.25) is 0 Å². The average molecular weight is 251 g/mol. The number of fused-ring (bicyclic) bond motifs is 1. The molecule has 2 aromatic rings. The first-order valence-electron chi connectivity index (χ1n) is 5.58. The predicted octanol–water partition coefficient (Wildman–Crippen LogP) is 2.08. The van der Waals surface area contributed by atoms with E-state index >= 15 is 0 Å². The highest BCUT2D eigenvalue weighted by molar-refractivity contribution is 6.27. The Bertz CT molecular complexity index is 533. The predicted molar refractivity (Wildman–Crippen MR) is 70.4 cm³/mol. The molecule has 0 radical (unpaired) electrons. The smallest absolute Gasteiger partial charge is 0.234 e. The summed E-state index contributed by atoms with van der Waals surface area (Å²) in [7, 11) is 2.03. The molecule has 0 aliphatic heterocycles. The highest BCUT2D eigenvalue weighted by Gasteiger charge is 2.05. The quantitative estimate of drug-likeness (QED) is 0.829. The van der Waals surface area contributed by atoms with Crippen LogP contribution in [0.5, 0.6) is 0 Å². The molecule has 1 amide bonds. The Morgan fingerprint density at radius 3 is 2.94 bits per heavy atom. The summed E-state index contributed by atoms with van der Waals surface area (Å²) in [5.74, 6) is -0.0953. The largest absolute Gasteiger partial charge is 0.355 e. The van der Waals surface area contributed by atoms with Crippen molar-refractivity contribution in [2.24, 2.45) is 7.05 Å². The number of hydrogen-bond donors (Lipinski definition) is 1. The topological polar surface area (TPSA) is 34.0 Å². The van der Waals surface area contributed by atoms with E-state index in [1.165, 1.54) is 16.5 Å². The summed E-state index contributed by atoms with van der Waals surface area (Å²) in [6.07, 6.45) is 2.93. The number of nitrogens with zero attached hydrogens (tertiary/aromatic N) is 1. The van der Waals surface area contributed by atoms with Crippen LogP contribution in [0.15, 0.2) is 30.5 Å². The van der Waals surface area contributed by atoms with Crippen LogP contribution >= 0.6 is 11.6 Å². The SMILES string of the molecule is Cn1cc(CCNC(=O)CCl)c2ccccc21. The maximum atomic E-state index is 11.0. The van der Waals surface area contributed by atoms with Gasteiger partial charge in [-0.05, 0) is 18.1 Å². The summed E-state index contributed by atoms with van der Waals surface area (Å²) in [4.78, 5) is 11.0. The van der Waals surface area contributed by atoms with Gasteiger partial charge in [-0.3, -0.25) is 4.79 Å². The van der Waals surface area contributed by atoms with Gasteiger partial charge in [0.1, 0.15) is 5.88 Å². The normalized spacial score (nSPS) is 10.7. The highest BCUT2D eigenvalue weighted by Crippen LogP contribution is 2.20. The number of benzene rings is 1. The summed E-state index contributed by atoms with van der Waals surface area (Å²) >= 11 is 5.42. The van der Waals surface area contributed by atoms with Crippen LogP contribution in [0.1, 0.15) is 5.56 Å². The van der Waals surface area contributed by atoms with E-state index in [4.69, 9.17) is 11.6 Å². The maximum absolute atomic E-state index is 11.0. The third kappa shape index (κ3) is 2.61. The Morgan fingerprint density at radius 1 is 1.41 bits per heavy atom. The first kappa shape index (κ1) is 12.0. The van der Waals surface area contributed by atoms with Gasteiger partial charge in [-0.15, -0.1) is 11.6 Å². The number of halogens is 1. The van der Waals surface area contributed by atoms with Crippen molar-refractivity contribution in [2.75, 3.05) is 12.4 Å². The number of rotatable bonds is 4. The van der Waals surface area contributed by atoms with E-state index in [0.29, 0.717) is 6.54 Å². The number of carbonyl (C=O) groups excluding carboxylic acids is 1. The summed E-state index contributed by atoms with van der Waals surface area (Å²) < 4.78 is 2.11. The molecule has 4 heteroatoms. The summed E-state index contributed by atoms with van der Waals surface area (Å²) in [6, 6.07) is 8.26. The van der Waals surface area contributed by atoms with Gasteiger partial charge in [-0.2, -0.15) is 0 Å². The molecule has 0 spiro atoms. The Morgan fingerprint density at radius 2 is 2.18 bits per heavy atom. The molecule has 17 heavy (non-hydrogen) atoms. The molecule has 1 N–H and O–H groups in total. The van der Waals surface area contributed by atoms with E-state index < -0.39 is 0 Å². The number of alkyl halides is 1. The molecule has 0 aliphatic rings. The van der Waals surface area contributed by atoms with Gasteiger partial charge in [0.15, 0.2) is 0 Å². The van der Waals surface area contributed by atoms with E-state index in [9.17, 15) is 4.79 Å². The van der Waals surface area contributed by atoms with Crippen LogP contribution in [0, 0.1) is 0 Å². The molecule has 1 aromatic heterocycles. The standard InChI is InChI=1S/C13H15ClN2O/c1-16-9-10(6-7-15-13(17)8-14)11-4-2-3-5-12(11)16/h2-5,9H,6-8H2,1H3,(H,15,17). The first-order chi connectivity index (χ1) is 8.22. The molecule has 3 nitrogen and oxygen atoms in total. The van der Waals surface area contributed by atoms with Crippen LogP contribution < -0.4 is 5.32 Å². The van der Waals surface area contributed by atoms with Gasteiger partial charge in [-0.25, -0.2) is 0 Å². The molecule has 0 saturated carbocycles. The van der Waals surface area contributed by atoms with Crippen molar-refractivity contribution in [2.45, 2.75) is 6.42 Å². The van der Waals surface area contributed by atoms with Gasteiger partial charge in [-0.1, -0.05) is 18.2 Å². The highest BCUT2D eigenvalue weighted by atomic mass is 35.5. The second-order valence-corrected chi connectivity index (χ2v) is 4.28. The fraction of sp³-hybridized carbons (Fsp3) is 0.308. The fourth-order valence-electron chi connectivity index (χ4n) is 2.01. The average Bonchev–Trinajstić information content (AvgIpc) is 2.67. The van der Waals surface area contributed by atoms with Crippen molar-refractivity contribution in [3.63, 3.8) is 0 Å². The van der Waals surface area contributed by atoms with Crippen molar-refractivity contribution < 1.29 is 4.79 Å². The summed E-state index contributed by atoms with van der Waals surface area (Å²) in [6.45, 7) is 0.625. The van der Waals surface area contributed by atoms with Gasteiger partial charge in [0.25, 0.3) is 0 Å². The Hall–Kier alpha value is -1.48. The number of carbonyl (C=O) groups is 1. The zero-order valence-corrected chi connectivity index (χ0v) is 10.5. The number of aryl methyl sites for hydroxylation is 1. The van der Waals surface area contributed by atoms with E-state index in [-0.39, 0.29) is 11.8 Å². The summed E-state index contributed by atoms with van der Waals surface area (Å²) in [5.41, 5.74) is 2.46. The van der Waals surface area contributed by atoms with Crippen LogP contribution in [0.3, 0.4) is 0 Å². The maximum Gasteiger partial charge on any atom is 0.234 e. The molecule has 1 aromatic carbocycles. The van der Waals surface area contributed by atoms with Crippen LogP contribution in [-0.4, -0.2) is 22.9 Å². The van der Waals surface area contributed by atoms with Gasteiger partial charge >= 0.3 is 0 Å². The molecular weight excluding hydrogens is 236 g/mol.